The number of imidazole rings is 1. The van der Waals surface area contributed by atoms with E-state index in [0.717, 1.165) is 60.2 Å². The molecule has 9 nitrogen and oxygen atoms in total. The van der Waals surface area contributed by atoms with Crippen molar-refractivity contribution in [2.45, 2.75) is 90.8 Å². The third-order valence-electron chi connectivity index (χ3n) is 8.63. The summed E-state index contributed by atoms with van der Waals surface area (Å²) < 4.78 is 7.28. The summed E-state index contributed by atoms with van der Waals surface area (Å²) in [7, 11) is 1.40. The van der Waals surface area contributed by atoms with Crippen LogP contribution in [0.1, 0.15) is 83.1 Å². The van der Waals surface area contributed by atoms with E-state index in [1.54, 1.807) is 4.90 Å². The van der Waals surface area contributed by atoms with Crippen molar-refractivity contribution < 1.29 is 24.2 Å². The average Bonchev–Trinajstić information content (AvgIpc) is 3.23. The van der Waals surface area contributed by atoms with Crippen LogP contribution >= 0.6 is 0 Å². The second kappa shape index (κ2) is 9.65. The Bertz CT molecular complexity index is 1230. The van der Waals surface area contributed by atoms with Crippen LogP contribution in [0, 0.1) is 11.3 Å². The van der Waals surface area contributed by atoms with E-state index >= 15 is 0 Å². The van der Waals surface area contributed by atoms with Gasteiger partial charge in [-0.3, -0.25) is 14.5 Å². The van der Waals surface area contributed by atoms with E-state index in [1.807, 2.05) is 24.0 Å². The highest BCUT2D eigenvalue weighted by Crippen LogP contribution is 2.41. The Labute approximate surface area is 217 Å². The number of amides is 2. The van der Waals surface area contributed by atoms with E-state index < -0.39 is 5.97 Å². The molecule has 1 saturated heterocycles. The summed E-state index contributed by atoms with van der Waals surface area (Å²) in [5.41, 5.74) is 3.62. The monoisotopic (exact) mass is 510 g/mol. The fourth-order valence-electron chi connectivity index (χ4n) is 6.47. The van der Waals surface area contributed by atoms with Crippen molar-refractivity contribution in [3.8, 4) is 0 Å². The SMILES string of the molecule is COC(=O)N1c2ccc3c(nc(CN4CCC(C)(C)CC4=O)n3[C@@H]3CCC[C@@H](C(=O)O)C3)c2CC[C@@H]1C. The van der Waals surface area contributed by atoms with Crippen molar-refractivity contribution in [2.24, 2.45) is 11.3 Å². The van der Waals surface area contributed by atoms with Crippen LogP contribution in [0.25, 0.3) is 11.0 Å². The van der Waals surface area contributed by atoms with Crippen LogP contribution in [0.15, 0.2) is 12.1 Å². The number of carbonyl (C=O) groups excluding carboxylic acids is 2. The van der Waals surface area contributed by atoms with Gasteiger partial charge in [0.25, 0.3) is 0 Å². The molecule has 0 unspecified atom stereocenters. The third-order valence-corrected chi connectivity index (χ3v) is 8.63. The Morgan fingerprint density at radius 2 is 2.00 bits per heavy atom. The Morgan fingerprint density at radius 1 is 1.22 bits per heavy atom. The smallest absolute Gasteiger partial charge is 0.414 e. The molecule has 0 bridgehead atoms. The molecule has 1 aromatic heterocycles. The largest absolute Gasteiger partial charge is 0.481 e. The van der Waals surface area contributed by atoms with Gasteiger partial charge < -0.3 is 19.3 Å². The molecule has 3 atom stereocenters. The maximum absolute atomic E-state index is 13.0. The summed E-state index contributed by atoms with van der Waals surface area (Å²) in [5.74, 6) is -0.190. The highest BCUT2D eigenvalue weighted by molar-refractivity contribution is 5.95. The number of nitrogens with zero attached hydrogens (tertiary/aromatic N) is 4. The van der Waals surface area contributed by atoms with Gasteiger partial charge in [-0.2, -0.15) is 0 Å². The summed E-state index contributed by atoms with van der Waals surface area (Å²) in [6, 6.07) is 3.99. The summed E-state index contributed by atoms with van der Waals surface area (Å²) in [5, 5.41) is 9.74. The number of ether oxygens (including phenoxy) is 1. The first-order valence-corrected chi connectivity index (χ1v) is 13.5. The first-order chi connectivity index (χ1) is 17.6. The second-order valence-corrected chi connectivity index (χ2v) is 11.8. The van der Waals surface area contributed by atoms with E-state index in [1.165, 1.54) is 7.11 Å². The van der Waals surface area contributed by atoms with Gasteiger partial charge >= 0.3 is 12.1 Å². The Kier molecular flexibility index (Phi) is 6.66. The zero-order valence-electron chi connectivity index (χ0n) is 22.3. The van der Waals surface area contributed by atoms with Crippen molar-refractivity contribution in [2.75, 3.05) is 18.6 Å². The molecule has 0 radical (unpaired) electrons. The zero-order valence-corrected chi connectivity index (χ0v) is 22.3. The standard InChI is InChI=1S/C28H38N4O5/c1-17-8-9-20-21(31(17)27(36)37-4)10-11-22-25(20)29-23(16-30-13-12-28(2,3)15-24(30)33)32(22)19-7-5-6-18(14-19)26(34)35/h10-11,17-19H,5-9,12-16H2,1-4H3,(H,34,35)/t17-,18+,19+/m0/s1. The van der Waals surface area contributed by atoms with Crippen molar-refractivity contribution in [1.29, 1.82) is 0 Å². The number of hydrogen-bond acceptors (Lipinski definition) is 5. The van der Waals surface area contributed by atoms with Crippen LogP contribution in [0.3, 0.4) is 0 Å². The fourth-order valence-corrected chi connectivity index (χ4v) is 6.47. The first-order valence-electron chi connectivity index (χ1n) is 13.5. The molecule has 1 aliphatic carbocycles. The number of anilines is 1. The van der Waals surface area contributed by atoms with Gasteiger partial charge in [-0.15, -0.1) is 0 Å². The van der Waals surface area contributed by atoms with Gasteiger partial charge in [-0.25, -0.2) is 9.78 Å². The molecular weight excluding hydrogens is 472 g/mol. The molecular formula is C28H38N4O5. The summed E-state index contributed by atoms with van der Waals surface area (Å²) in [4.78, 5) is 46.2. The van der Waals surface area contributed by atoms with Crippen LogP contribution in [-0.4, -0.2) is 57.2 Å². The number of piperidine rings is 1. The fraction of sp³-hybridized carbons (Fsp3) is 0.643. The number of aromatic nitrogens is 2. The molecule has 1 aromatic carbocycles. The number of rotatable bonds is 4. The van der Waals surface area contributed by atoms with E-state index in [4.69, 9.17) is 9.72 Å². The van der Waals surface area contributed by atoms with Gasteiger partial charge in [0.1, 0.15) is 5.82 Å². The van der Waals surface area contributed by atoms with Crippen molar-refractivity contribution in [3.63, 3.8) is 0 Å². The number of benzene rings is 1. The number of methoxy groups -OCH3 is 1. The number of likely N-dealkylation sites (tertiary alicyclic amines) is 1. The second-order valence-electron chi connectivity index (χ2n) is 11.8. The topological polar surface area (TPSA) is 105 Å². The predicted octanol–water partition coefficient (Wildman–Crippen LogP) is 4.91. The van der Waals surface area contributed by atoms with Gasteiger partial charge in [-0.1, -0.05) is 20.3 Å². The Balaban J connectivity index is 1.60. The molecule has 1 N–H and O–H groups in total. The third kappa shape index (κ3) is 4.68. The van der Waals surface area contributed by atoms with Gasteiger partial charge in [0.15, 0.2) is 0 Å². The summed E-state index contributed by atoms with van der Waals surface area (Å²) >= 11 is 0. The number of carboxylic acid groups (broad SMARTS) is 1. The van der Waals surface area contributed by atoms with Crippen LogP contribution in [0.2, 0.25) is 0 Å². The van der Waals surface area contributed by atoms with Crippen LogP contribution < -0.4 is 4.90 Å². The summed E-state index contributed by atoms with van der Waals surface area (Å²) in [6.07, 6.45) is 5.62. The lowest BCUT2D eigenvalue weighted by molar-refractivity contribution is -0.143. The van der Waals surface area contributed by atoms with Crippen LogP contribution in [0.4, 0.5) is 10.5 Å². The van der Waals surface area contributed by atoms with E-state index in [-0.39, 0.29) is 35.4 Å². The molecule has 0 spiro atoms. The van der Waals surface area contributed by atoms with E-state index in [0.29, 0.717) is 32.4 Å². The molecule has 3 aliphatic rings. The molecule has 2 amide bonds. The van der Waals surface area contributed by atoms with Gasteiger partial charge in [0.2, 0.25) is 5.91 Å². The van der Waals surface area contributed by atoms with Crippen LogP contribution in [0.5, 0.6) is 0 Å². The molecule has 1 saturated carbocycles. The van der Waals surface area contributed by atoms with E-state index in [9.17, 15) is 19.5 Å². The Hall–Kier alpha value is -3.10. The molecule has 9 heteroatoms. The maximum Gasteiger partial charge on any atom is 0.414 e. The van der Waals surface area contributed by atoms with Gasteiger partial charge in [0.05, 0.1) is 36.3 Å². The molecule has 2 aromatic rings. The minimum absolute atomic E-state index is 0.00108. The van der Waals surface area contributed by atoms with E-state index in [2.05, 4.69) is 18.4 Å². The van der Waals surface area contributed by atoms with Crippen LogP contribution in [-0.2, 0) is 27.3 Å². The Morgan fingerprint density at radius 3 is 2.70 bits per heavy atom. The zero-order chi connectivity index (χ0) is 26.5. The van der Waals surface area contributed by atoms with Crippen molar-refractivity contribution in [3.05, 3.63) is 23.5 Å². The molecule has 2 aliphatic heterocycles. The quantitative estimate of drug-likeness (QED) is 0.627. The molecule has 5 rings (SSSR count). The molecule has 200 valence electrons. The number of fused-ring (bicyclic) bond motifs is 3. The van der Waals surface area contributed by atoms with Crippen molar-refractivity contribution >= 4 is 34.7 Å². The molecule has 2 fully saturated rings. The first kappa shape index (κ1) is 25.5. The lowest BCUT2D eigenvalue weighted by Crippen LogP contribution is -2.42. The normalized spacial score (nSPS) is 25.7. The molecule has 3 heterocycles. The number of hydrogen-bond donors (Lipinski definition) is 1. The highest BCUT2D eigenvalue weighted by atomic mass is 16.5. The minimum atomic E-state index is -0.746. The number of aryl methyl sites for hydroxylation is 1. The lowest BCUT2D eigenvalue weighted by atomic mass is 9.82. The summed E-state index contributed by atoms with van der Waals surface area (Å²) in [6.45, 7) is 7.37. The predicted molar refractivity (Wildman–Crippen MR) is 139 cm³/mol. The number of carboxylic acids is 1. The van der Waals surface area contributed by atoms with Gasteiger partial charge in [-0.05, 0) is 63.0 Å². The molecule has 37 heavy (non-hydrogen) atoms. The van der Waals surface area contributed by atoms with Gasteiger partial charge in [0, 0.05) is 30.6 Å². The minimum Gasteiger partial charge on any atom is -0.481 e. The highest BCUT2D eigenvalue weighted by Gasteiger charge is 2.36. The maximum atomic E-state index is 13.0. The number of carbonyl (C=O) groups is 3. The number of aliphatic carboxylic acids is 1. The van der Waals surface area contributed by atoms with Crippen molar-refractivity contribution in [1.82, 2.24) is 14.5 Å². The lowest BCUT2D eigenvalue weighted by Gasteiger charge is -2.37. The average molecular weight is 511 g/mol.